The number of fused-ring (bicyclic) bond motifs is 1. The van der Waals surface area contributed by atoms with Crippen LogP contribution in [-0.2, 0) is 17.9 Å². The Morgan fingerprint density at radius 1 is 1.00 bits per heavy atom. The predicted octanol–water partition coefficient (Wildman–Crippen LogP) is 4.50. The fourth-order valence-corrected chi connectivity index (χ4v) is 4.19. The van der Waals surface area contributed by atoms with Crippen molar-refractivity contribution >= 4 is 32.9 Å². The van der Waals surface area contributed by atoms with Crippen LogP contribution in [0.2, 0.25) is 0 Å². The maximum absolute atomic E-state index is 12.6. The van der Waals surface area contributed by atoms with Gasteiger partial charge in [-0.15, -0.1) is 0 Å². The summed E-state index contributed by atoms with van der Waals surface area (Å²) in [6.45, 7) is 9.52. The van der Waals surface area contributed by atoms with Gasteiger partial charge in [-0.1, -0.05) is 29.8 Å². The van der Waals surface area contributed by atoms with Gasteiger partial charge in [0.15, 0.2) is 5.65 Å². The molecule has 32 heavy (non-hydrogen) atoms. The van der Waals surface area contributed by atoms with Crippen LogP contribution >= 0.6 is 15.9 Å². The minimum Gasteiger partial charge on any atom is -0.354 e. The number of benzene rings is 1. The molecule has 4 aromatic rings. The smallest absolute Gasteiger partial charge is 0.241 e. The molecular formula is C24H27BrN6O. The molecule has 7 nitrogen and oxygen atoms in total. The van der Waals surface area contributed by atoms with Gasteiger partial charge in [-0.25, -0.2) is 9.67 Å². The molecule has 0 aliphatic carbocycles. The Morgan fingerprint density at radius 2 is 1.72 bits per heavy atom. The van der Waals surface area contributed by atoms with Gasteiger partial charge in [0.25, 0.3) is 0 Å². The van der Waals surface area contributed by atoms with E-state index in [4.69, 9.17) is 0 Å². The van der Waals surface area contributed by atoms with E-state index in [1.807, 2.05) is 31.5 Å². The topological polar surface area (TPSA) is 77.6 Å². The van der Waals surface area contributed by atoms with Crippen molar-refractivity contribution in [3.05, 3.63) is 63.6 Å². The molecule has 0 spiro atoms. The van der Waals surface area contributed by atoms with E-state index < -0.39 is 0 Å². The summed E-state index contributed by atoms with van der Waals surface area (Å²) in [7, 11) is 0. The van der Waals surface area contributed by atoms with E-state index in [-0.39, 0.29) is 12.5 Å². The fourth-order valence-electron chi connectivity index (χ4n) is 3.91. The van der Waals surface area contributed by atoms with E-state index in [9.17, 15) is 4.79 Å². The van der Waals surface area contributed by atoms with Crippen molar-refractivity contribution in [2.75, 3.05) is 6.54 Å². The molecule has 0 unspecified atom stereocenters. The van der Waals surface area contributed by atoms with Crippen molar-refractivity contribution in [2.24, 2.45) is 0 Å². The van der Waals surface area contributed by atoms with Crippen molar-refractivity contribution < 1.29 is 4.79 Å². The van der Waals surface area contributed by atoms with Crippen molar-refractivity contribution in [3.63, 3.8) is 0 Å². The highest BCUT2D eigenvalue weighted by Gasteiger charge is 2.16. The average molecular weight is 495 g/mol. The molecule has 0 radical (unpaired) electrons. The Morgan fingerprint density at radius 3 is 2.41 bits per heavy atom. The first-order valence-corrected chi connectivity index (χ1v) is 11.5. The second kappa shape index (κ2) is 9.24. The molecule has 1 amide bonds. The molecule has 3 aromatic heterocycles. The third kappa shape index (κ3) is 4.46. The molecule has 0 aliphatic heterocycles. The summed E-state index contributed by atoms with van der Waals surface area (Å²) < 4.78 is 4.70. The Kier molecular flexibility index (Phi) is 6.41. The summed E-state index contributed by atoms with van der Waals surface area (Å²) in [5.74, 6) is -0.0773. The van der Waals surface area contributed by atoms with Gasteiger partial charge >= 0.3 is 0 Å². The zero-order chi connectivity index (χ0) is 22.8. The number of halogens is 1. The molecule has 8 heteroatoms. The first-order valence-electron chi connectivity index (χ1n) is 10.7. The Bertz CT molecular complexity index is 1270. The molecule has 0 fully saturated rings. The summed E-state index contributed by atoms with van der Waals surface area (Å²) >= 11 is 3.55. The lowest BCUT2D eigenvalue weighted by molar-refractivity contribution is -0.121. The van der Waals surface area contributed by atoms with Gasteiger partial charge in [0.2, 0.25) is 5.91 Å². The molecule has 1 aromatic carbocycles. The van der Waals surface area contributed by atoms with Gasteiger partial charge in [-0.05, 0) is 67.2 Å². The highest BCUT2D eigenvalue weighted by Crippen LogP contribution is 2.30. The van der Waals surface area contributed by atoms with E-state index in [0.717, 1.165) is 56.7 Å². The quantitative estimate of drug-likeness (QED) is 0.383. The number of aromatic nitrogens is 5. The van der Waals surface area contributed by atoms with Crippen molar-refractivity contribution in [1.29, 1.82) is 0 Å². The van der Waals surface area contributed by atoms with Crippen LogP contribution in [0.15, 0.2) is 41.0 Å². The Balaban J connectivity index is 1.43. The highest BCUT2D eigenvalue weighted by atomic mass is 79.9. The number of carbonyl (C=O) groups is 1. The molecule has 0 aliphatic rings. The minimum absolute atomic E-state index is 0.0773. The third-order valence-corrected chi connectivity index (χ3v) is 6.77. The van der Waals surface area contributed by atoms with Gasteiger partial charge in [0, 0.05) is 30.4 Å². The third-order valence-electron chi connectivity index (χ3n) is 5.63. The predicted molar refractivity (Wildman–Crippen MR) is 129 cm³/mol. The molecule has 1 N–H and O–H groups in total. The molecular weight excluding hydrogens is 468 g/mol. The summed E-state index contributed by atoms with van der Waals surface area (Å²) in [6, 6.07) is 10.4. The SMILES string of the molecule is Cc1ccc(-c2ccnc3c2c(C)nn3CC(=O)NCCCn2nc(C)c(Br)c2C)cc1. The van der Waals surface area contributed by atoms with Crippen molar-refractivity contribution in [1.82, 2.24) is 29.9 Å². The summed E-state index contributed by atoms with van der Waals surface area (Å²) in [5.41, 5.74) is 7.08. The molecule has 0 saturated carbocycles. The zero-order valence-corrected chi connectivity index (χ0v) is 20.4. The van der Waals surface area contributed by atoms with Crippen LogP contribution in [0.5, 0.6) is 0 Å². The summed E-state index contributed by atoms with van der Waals surface area (Å²) in [4.78, 5) is 17.1. The van der Waals surface area contributed by atoms with E-state index in [1.54, 1.807) is 10.9 Å². The zero-order valence-electron chi connectivity index (χ0n) is 18.8. The van der Waals surface area contributed by atoms with Crippen LogP contribution in [0, 0.1) is 27.7 Å². The van der Waals surface area contributed by atoms with Gasteiger partial charge in [-0.2, -0.15) is 10.2 Å². The molecule has 0 atom stereocenters. The normalized spacial score (nSPS) is 11.3. The first-order chi connectivity index (χ1) is 15.3. The van der Waals surface area contributed by atoms with E-state index >= 15 is 0 Å². The number of hydrogen-bond donors (Lipinski definition) is 1. The molecule has 4 rings (SSSR count). The largest absolute Gasteiger partial charge is 0.354 e. The number of hydrogen-bond acceptors (Lipinski definition) is 4. The number of nitrogens with zero attached hydrogens (tertiary/aromatic N) is 5. The maximum Gasteiger partial charge on any atom is 0.241 e. The fraction of sp³-hybridized carbons (Fsp3) is 0.333. The van der Waals surface area contributed by atoms with Crippen LogP contribution in [0.25, 0.3) is 22.2 Å². The summed E-state index contributed by atoms with van der Waals surface area (Å²) in [5, 5.41) is 13.1. The van der Waals surface area contributed by atoms with E-state index in [0.29, 0.717) is 6.54 Å². The van der Waals surface area contributed by atoms with Gasteiger partial charge < -0.3 is 5.32 Å². The van der Waals surface area contributed by atoms with Crippen molar-refractivity contribution in [3.8, 4) is 11.1 Å². The number of amides is 1. The van der Waals surface area contributed by atoms with E-state index in [2.05, 4.69) is 67.6 Å². The molecule has 0 bridgehead atoms. The van der Waals surface area contributed by atoms with Gasteiger partial charge in [0.05, 0.1) is 15.9 Å². The van der Waals surface area contributed by atoms with Crippen molar-refractivity contribution in [2.45, 2.75) is 47.2 Å². The number of aryl methyl sites for hydroxylation is 4. The van der Waals surface area contributed by atoms with E-state index in [1.165, 1.54) is 5.56 Å². The number of rotatable bonds is 7. The lowest BCUT2D eigenvalue weighted by atomic mass is 10.0. The Labute approximate surface area is 196 Å². The molecule has 0 saturated heterocycles. The number of nitrogens with one attached hydrogen (secondary N) is 1. The van der Waals surface area contributed by atoms with Gasteiger partial charge in [0.1, 0.15) is 6.54 Å². The van der Waals surface area contributed by atoms with Crippen LogP contribution in [0.4, 0.5) is 0 Å². The summed E-state index contributed by atoms with van der Waals surface area (Å²) in [6.07, 6.45) is 2.58. The standard InChI is InChI=1S/C24H27BrN6O/c1-15-6-8-19(9-7-15)20-10-12-27-24-22(20)16(2)28-31(24)14-21(32)26-11-5-13-30-18(4)23(25)17(3)29-30/h6-10,12H,5,11,13-14H2,1-4H3,(H,26,32). The lowest BCUT2D eigenvalue weighted by Crippen LogP contribution is -2.29. The maximum atomic E-state index is 12.6. The monoisotopic (exact) mass is 494 g/mol. The second-order valence-corrected chi connectivity index (χ2v) is 8.87. The van der Waals surface area contributed by atoms with Gasteiger partial charge in [-0.3, -0.25) is 9.48 Å². The first kappa shape index (κ1) is 22.2. The van der Waals surface area contributed by atoms with Crippen LogP contribution < -0.4 is 5.32 Å². The van der Waals surface area contributed by atoms with Crippen LogP contribution in [-0.4, -0.2) is 37.0 Å². The van der Waals surface area contributed by atoms with Crippen LogP contribution in [0.1, 0.15) is 29.1 Å². The second-order valence-electron chi connectivity index (χ2n) is 8.08. The highest BCUT2D eigenvalue weighted by molar-refractivity contribution is 9.10. The van der Waals surface area contributed by atoms with Crippen LogP contribution in [0.3, 0.4) is 0 Å². The molecule has 3 heterocycles. The Hall–Kier alpha value is -3.00. The minimum atomic E-state index is -0.0773. The number of carbonyl (C=O) groups excluding carboxylic acids is 1. The average Bonchev–Trinajstić information content (AvgIpc) is 3.22. The lowest BCUT2D eigenvalue weighted by Gasteiger charge is -2.08. The number of pyridine rings is 1. The molecule has 166 valence electrons.